The van der Waals surface area contributed by atoms with E-state index in [0.717, 1.165) is 21.2 Å². The highest BCUT2D eigenvalue weighted by Crippen LogP contribution is 2.32. The molecule has 1 aromatic carbocycles. The molecule has 0 radical (unpaired) electrons. The lowest BCUT2D eigenvalue weighted by Crippen LogP contribution is -2.00. The molecule has 1 unspecified atom stereocenters. The molecule has 1 heterocycles. The summed E-state index contributed by atoms with van der Waals surface area (Å²) in [6.07, 6.45) is -0.535. The van der Waals surface area contributed by atoms with Gasteiger partial charge in [0.25, 0.3) is 0 Å². The van der Waals surface area contributed by atoms with Crippen LogP contribution in [-0.2, 0) is 0 Å². The number of thiophene rings is 1. The van der Waals surface area contributed by atoms with Crippen molar-refractivity contribution in [2.24, 2.45) is 0 Å². The molecule has 78 valence electrons. The topological polar surface area (TPSA) is 20.2 Å². The lowest BCUT2D eigenvalue weighted by atomic mass is 10.00. The molecule has 2 rings (SSSR count). The van der Waals surface area contributed by atoms with E-state index >= 15 is 0 Å². The maximum atomic E-state index is 10.2. The molecule has 0 spiro atoms. The fourth-order valence-corrected chi connectivity index (χ4v) is 3.08. The Hall–Kier alpha value is -0.640. The Kier molecular flexibility index (Phi) is 3.24. The molecule has 1 aromatic heterocycles. The second-order valence-corrected chi connectivity index (χ2v) is 5.03. The summed E-state index contributed by atoms with van der Waals surface area (Å²) in [7, 11) is 0. The zero-order valence-electron chi connectivity index (χ0n) is 8.27. The maximum Gasteiger partial charge on any atom is 0.106 e. The molecule has 15 heavy (non-hydrogen) atoms. The van der Waals surface area contributed by atoms with E-state index in [9.17, 15) is 5.11 Å². The van der Waals surface area contributed by atoms with Crippen LogP contribution in [0.15, 0.2) is 39.5 Å². The molecule has 3 heteroatoms. The third kappa shape index (κ3) is 2.14. The standard InChI is InChI=1S/C12H11BrOS/c1-8-4-2-3-5-9(8)12(14)10-6-15-7-11(10)13/h2-7,12,14H,1H3. The first kappa shape index (κ1) is 10.9. The van der Waals surface area contributed by atoms with Crippen molar-refractivity contribution >= 4 is 27.3 Å². The summed E-state index contributed by atoms with van der Waals surface area (Å²) in [6, 6.07) is 7.91. The number of aliphatic hydroxyl groups excluding tert-OH is 1. The first-order valence-electron chi connectivity index (χ1n) is 4.65. The van der Waals surface area contributed by atoms with Crippen molar-refractivity contribution in [2.45, 2.75) is 13.0 Å². The minimum Gasteiger partial charge on any atom is -0.384 e. The minimum absolute atomic E-state index is 0.535. The van der Waals surface area contributed by atoms with Gasteiger partial charge in [0, 0.05) is 15.4 Å². The number of hydrogen-bond donors (Lipinski definition) is 1. The fourth-order valence-electron chi connectivity index (χ4n) is 1.55. The van der Waals surface area contributed by atoms with Crippen LogP contribution in [0.2, 0.25) is 0 Å². The summed E-state index contributed by atoms with van der Waals surface area (Å²) in [5.41, 5.74) is 3.02. The molecule has 1 atom stereocenters. The smallest absolute Gasteiger partial charge is 0.106 e. The highest BCUT2D eigenvalue weighted by Gasteiger charge is 2.15. The van der Waals surface area contributed by atoms with Gasteiger partial charge in [-0.2, -0.15) is 11.3 Å². The van der Waals surface area contributed by atoms with Gasteiger partial charge in [0.2, 0.25) is 0 Å². The van der Waals surface area contributed by atoms with Crippen LogP contribution in [0, 0.1) is 6.92 Å². The predicted molar refractivity (Wildman–Crippen MR) is 67.3 cm³/mol. The summed E-state index contributed by atoms with van der Waals surface area (Å²) >= 11 is 5.03. The molecular weight excluding hydrogens is 272 g/mol. The molecule has 1 nitrogen and oxygen atoms in total. The summed E-state index contributed by atoms with van der Waals surface area (Å²) < 4.78 is 0.975. The van der Waals surface area contributed by atoms with Gasteiger partial charge in [0.15, 0.2) is 0 Å². The zero-order valence-corrected chi connectivity index (χ0v) is 10.7. The predicted octanol–water partition coefficient (Wildman–Crippen LogP) is 3.90. The van der Waals surface area contributed by atoms with Crippen LogP contribution in [0.25, 0.3) is 0 Å². The van der Waals surface area contributed by atoms with E-state index in [1.165, 1.54) is 0 Å². The van der Waals surface area contributed by atoms with Crippen LogP contribution in [0.3, 0.4) is 0 Å². The quantitative estimate of drug-likeness (QED) is 0.886. The first-order chi connectivity index (χ1) is 7.20. The number of benzene rings is 1. The Bertz CT molecular complexity index is 464. The summed E-state index contributed by atoms with van der Waals surface area (Å²) in [4.78, 5) is 0. The zero-order chi connectivity index (χ0) is 10.8. The number of rotatable bonds is 2. The number of aryl methyl sites for hydroxylation is 1. The van der Waals surface area contributed by atoms with E-state index in [-0.39, 0.29) is 0 Å². The largest absolute Gasteiger partial charge is 0.384 e. The Morgan fingerprint density at radius 1 is 1.20 bits per heavy atom. The van der Waals surface area contributed by atoms with Crippen molar-refractivity contribution in [3.63, 3.8) is 0 Å². The normalized spacial score (nSPS) is 12.7. The SMILES string of the molecule is Cc1ccccc1C(O)c1cscc1Br. The van der Waals surface area contributed by atoms with Gasteiger partial charge in [0.1, 0.15) is 6.10 Å². The van der Waals surface area contributed by atoms with E-state index in [1.807, 2.05) is 41.9 Å². The van der Waals surface area contributed by atoms with Gasteiger partial charge in [-0.05, 0) is 39.4 Å². The summed E-state index contributed by atoms with van der Waals surface area (Å²) in [5.74, 6) is 0. The van der Waals surface area contributed by atoms with E-state index < -0.39 is 6.10 Å². The van der Waals surface area contributed by atoms with Crippen LogP contribution < -0.4 is 0 Å². The summed E-state index contributed by atoms with van der Waals surface area (Å²) in [6.45, 7) is 2.01. The fraction of sp³-hybridized carbons (Fsp3) is 0.167. The van der Waals surface area contributed by atoms with Crippen LogP contribution >= 0.6 is 27.3 Å². The van der Waals surface area contributed by atoms with Crippen molar-refractivity contribution in [3.8, 4) is 0 Å². The van der Waals surface area contributed by atoms with Gasteiger partial charge in [0.05, 0.1) is 0 Å². The van der Waals surface area contributed by atoms with Crippen LogP contribution in [0.5, 0.6) is 0 Å². The highest BCUT2D eigenvalue weighted by molar-refractivity contribution is 9.10. The van der Waals surface area contributed by atoms with Crippen molar-refractivity contribution < 1.29 is 5.11 Å². The highest BCUT2D eigenvalue weighted by atomic mass is 79.9. The van der Waals surface area contributed by atoms with Gasteiger partial charge >= 0.3 is 0 Å². The van der Waals surface area contributed by atoms with Crippen molar-refractivity contribution in [1.29, 1.82) is 0 Å². The molecule has 0 amide bonds. The van der Waals surface area contributed by atoms with Gasteiger partial charge in [-0.3, -0.25) is 0 Å². The molecule has 0 aliphatic carbocycles. The van der Waals surface area contributed by atoms with Crippen molar-refractivity contribution in [1.82, 2.24) is 0 Å². The van der Waals surface area contributed by atoms with Crippen LogP contribution in [0.4, 0.5) is 0 Å². The molecule has 0 aliphatic heterocycles. The molecule has 0 saturated heterocycles. The average Bonchev–Trinajstić information content (AvgIpc) is 2.64. The summed E-state index contributed by atoms with van der Waals surface area (Å²) in [5, 5.41) is 14.2. The monoisotopic (exact) mass is 282 g/mol. The molecular formula is C12H11BrOS. The maximum absolute atomic E-state index is 10.2. The second-order valence-electron chi connectivity index (χ2n) is 3.43. The Morgan fingerprint density at radius 3 is 2.53 bits per heavy atom. The molecule has 0 saturated carbocycles. The average molecular weight is 283 g/mol. The van der Waals surface area contributed by atoms with Crippen molar-refractivity contribution in [2.75, 3.05) is 0 Å². The van der Waals surface area contributed by atoms with E-state index in [4.69, 9.17) is 0 Å². The van der Waals surface area contributed by atoms with Crippen LogP contribution in [0.1, 0.15) is 22.8 Å². The Morgan fingerprint density at radius 2 is 1.93 bits per heavy atom. The lowest BCUT2D eigenvalue weighted by molar-refractivity contribution is 0.219. The van der Waals surface area contributed by atoms with E-state index in [2.05, 4.69) is 15.9 Å². The van der Waals surface area contributed by atoms with E-state index in [1.54, 1.807) is 11.3 Å². The Balaban J connectivity index is 2.41. The Labute approximate surface area is 102 Å². The molecule has 1 N–H and O–H groups in total. The van der Waals surface area contributed by atoms with Crippen LogP contribution in [-0.4, -0.2) is 5.11 Å². The number of hydrogen-bond acceptors (Lipinski definition) is 2. The third-order valence-corrected chi connectivity index (χ3v) is 4.17. The van der Waals surface area contributed by atoms with Gasteiger partial charge < -0.3 is 5.11 Å². The lowest BCUT2D eigenvalue weighted by Gasteiger charge is -2.12. The number of aliphatic hydroxyl groups is 1. The third-order valence-electron chi connectivity index (χ3n) is 2.42. The molecule has 0 fully saturated rings. The minimum atomic E-state index is -0.535. The first-order valence-corrected chi connectivity index (χ1v) is 6.39. The molecule has 0 aliphatic rings. The van der Waals surface area contributed by atoms with Gasteiger partial charge in [-0.25, -0.2) is 0 Å². The second kappa shape index (κ2) is 4.47. The molecule has 0 bridgehead atoms. The van der Waals surface area contributed by atoms with E-state index in [0.29, 0.717) is 0 Å². The van der Waals surface area contributed by atoms with Gasteiger partial charge in [-0.1, -0.05) is 24.3 Å². The number of halogens is 1. The molecule has 2 aromatic rings. The van der Waals surface area contributed by atoms with Gasteiger partial charge in [-0.15, -0.1) is 0 Å². The van der Waals surface area contributed by atoms with Crippen molar-refractivity contribution in [3.05, 3.63) is 56.2 Å².